The average molecular weight is 359 g/mol. The van der Waals surface area contributed by atoms with E-state index >= 15 is 0 Å². The number of alkyl halides is 3. The van der Waals surface area contributed by atoms with Crippen molar-refractivity contribution in [2.45, 2.75) is 32.5 Å². The number of likely N-dealkylation sites (N-methyl/N-ethyl adjacent to an activating group) is 1. The van der Waals surface area contributed by atoms with Crippen LogP contribution in [-0.4, -0.2) is 49.8 Å². The molecule has 0 spiro atoms. The van der Waals surface area contributed by atoms with E-state index in [1.165, 1.54) is 0 Å². The summed E-state index contributed by atoms with van der Waals surface area (Å²) in [6, 6.07) is 3.58. The van der Waals surface area contributed by atoms with Crippen LogP contribution in [0.15, 0.2) is 18.2 Å². The predicted molar refractivity (Wildman–Crippen MR) is 91.0 cm³/mol. The van der Waals surface area contributed by atoms with Gasteiger partial charge in [-0.3, -0.25) is 5.32 Å². The second-order valence-corrected chi connectivity index (χ2v) is 7.18. The Hall–Kier alpha value is -1.96. The Balaban J connectivity index is 2.26. The summed E-state index contributed by atoms with van der Waals surface area (Å²) in [7, 11) is 1.97. The van der Waals surface area contributed by atoms with Gasteiger partial charge in [0.2, 0.25) is 0 Å². The number of anilines is 2. The number of amides is 1. The van der Waals surface area contributed by atoms with Gasteiger partial charge in [-0.1, -0.05) is 0 Å². The van der Waals surface area contributed by atoms with Crippen LogP contribution in [0.4, 0.5) is 29.3 Å². The van der Waals surface area contributed by atoms with Crippen molar-refractivity contribution in [2.75, 3.05) is 43.4 Å². The first-order valence-corrected chi connectivity index (χ1v) is 8.10. The first-order chi connectivity index (χ1) is 11.4. The van der Waals surface area contributed by atoms with Gasteiger partial charge in [0.1, 0.15) is 5.60 Å². The van der Waals surface area contributed by atoms with Crippen LogP contribution in [0.3, 0.4) is 0 Å². The van der Waals surface area contributed by atoms with Gasteiger partial charge in [-0.15, -0.1) is 0 Å². The molecule has 1 amide bonds. The van der Waals surface area contributed by atoms with Crippen LogP contribution in [0.1, 0.15) is 26.3 Å². The maximum absolute atomic E-state index is 13.2. The largest absolute Gasteiger partial charge is 0.444 e. The van der Waals surface area contributed by atoms with Gasteiger partial charge >= 0.3 is 12.3 Å². The van der Waals surface area contributed by atoms with E-state index in [1.807, 2.05) is 11.9 Å². The zero-order valence-corrected chi connectivity index (χ0v) is 14.9. The highest BCUT2D eigenvalue weighted by molar-refractivity contribution is 5.86. The van der Waals surface area contributed by atoms with E-state index in [0.717, 1.165) is 25.2 Å². The van der Waals surface area contributed by atoms with Gasteiger partial charge in [0.15, 0.2) is 0 Å². The Morgan fingerprint density at radius 3 is 2.20 bits per heavy atom. The van der Waals surface area contributed by atoms with E-state index in [1.54, 1.807) is 26.8 Å². The highest BCUT2D eigenvalue weighted by atomic mass is 19.4. The van der Waals surface area contributed by atoms with Crippen molar-refractivity contribution in [1.82, 2.24) is 4.90 Å². The molecule has 1 fully saturated rings. The van der Waals surface area contributed by atoms with Crippen molar-refractivity contribution < 1.29 is 22.7 Å². The number of carbonyl (C=O) groups excluding carboxylic acids is 1. The quantitative estimate of drug-likeness (QED) is 0.872. The van der Waals surface area contributed by atoms with Crippen molar-refractivity contribution in [3.63, 3.8) is 0 Å². The number of ether oxygens (including phenoxy) is 1. The lowest BCUT2D eigenvalue weighted by atomic mass is 10.1. The Morgan fingerprint density at radius 1 is 1.08 bits per heavy atom. The second-order valence-electron chi connectivity index (χ2n) is 7.18. The molecule has 25 heavy (non-hydrogen) atoms. The molecule has 0 aromatic heterocycles. The Labute approximate surface area is 145 Å². The minimum Gasteiger partial charge on any atom is -0.444 e. The van der Waals surface area contributed by atoms with Crippen LogP contribution in [0.5, 0.6) is 0 Å². The topological polar surface area (TPSA) is 44.8 Å². The molecule has 2 rings (SSSR count). The number of rotatable bonds is 2. The maximum Gasteiger partial charge on any atom is 0.416 e. The normalized spacial score (nSPS) is 16.7. The number of halogens is 3. The maximum atomic E-state index is 13.2. The van der Waals surface area contributed by atoms with Crippen LogP contribution in [-0.2, 0) is 10.9 Å². The average Bonchev–Trinajstić information content (AvgIpc) is 2.44. The predicted octanol–water partition coefficient (Wildman–Crippen LogP) is 3.80. The minimum atomic E-state index is -4.49. The fraction of sp³-hybridized carbons (Fsp3) is 0.588. The van der Waals surface area contributed by atoms with Crippen LogP contribution in [0.25, 0.3) is 0 Å². The summed E-state index contributed by atoms with van der Waals surface area (Å²) in [5, 5.41) is 2.40. The highest BCUT2D eigenvalue weighted by Gasteiger charge is 2.32. The lowest BCUT2D eigenvalue weighted by Crippen LogP contribution is -2.44. The molecule has 0 unspecified atom stereocenters. The van der Waals surface area contributed by atoms with Gasteiger partial charge in [-0.25, -0.2) is 4.79 Å². The van der Waals surface area contributed by atoms with Crippen molar-refractivity contribution in [1.29, 1.82) is 0 Å². The Bertz CT molecular complexity index is 619. The molecule has 0 saturated carbocycles. The van der Waals surface area contributed by atoms with E-state index in [2.05, 4.69) is 10.2 Å². The summed E-state index contributed by atoms with van der Waals surface area (Å²) in [5.74, 6) is 0. The van der Waals surface area contributed by atoms with Gasteiger partial charge in [-0.05, 0) is 46.0 Å². The number of piperazine rings is 1. The highest BCUT2D eigenvalue weighted by Crippen LogP contribution is 2.35. The van der Waals surface area contributed by atoms with Crippen LogP contribution in [0.2, 0.25) is 0 Å². The standard InChI is InChI=1S/C17H24F3N3O2/c1-16(2,3)25-15(24)21-13-9-12(17(18,19)20)10-14(11-13)23-7-5-22(4)6-8-23/h9-11H,5-8H2,1-4H3,(H,21,24). The fourth-order valence-electron chi connectivity index (χ4n) is 2.52. The van der Waals surface area contributed by atoms with Crippen molar-refractivity contribution in [3.8, 4) is 0 Å². The van der Waals surface area contributed by atoms with Crippen molar-refractivity contribution >= 4 is 17.5 Å². The number of hydrogen-bond acceptors (Lipinski definition) is 4. The molecule has 8 heteroatoms. The fourth-order valence-corrected chi connectivity index (χ4v) is 2.52. The summed E-state index contributed by atoms with van der Waals surface area (Å²) < 4.78 is 44.8. The number of benzene rings is 1. The zero-order chi connectivity index (χ0) is 18.8. The molecule has 1 aliphatic rings. The monoisotopic (exact) mass is 359 g/mol. The molecule has 5 nitrogen and oxygen atoms in total. The van der Waals surface area contributed by atoms with Crippen LogP contribution in [0, 0.1) is 0 Å². The minimum absolute atomic E-state index is 0.0676. The summed E-state index contributed by atoms with van der Waals surface area (Å²) in [6.45, 7) is 7.86. The molecule has 0 radical (unpaired) electrons. The third kappa shape index (κ3) is 5.81. The van der Waals surface area contributed by atoms with Gasteiger partial charge in [0.05, 0.1) is 5.56 Å². The Kier molecular flexibility index (Phi) is 5.51. The lowest BCUT2D eigenvalue weighted by molar-refractivity contribution is -0.137. The summed E-state index contributed by atoms with van der Waals surface area (Å²) in [4.78, 5) is 15.9. The van der Waals surface area contributed by atoms with E-state index < -0.39 is 23.4 Å². The summed E-state index contributed by atoms with van der Waals surface area (Å²) >= 11 is 0. The van der Waals surface area contributed by atoms with E-state index in [4.69, 9.17) is 4.74 Å². The first-order valence-electron chi connectivity index (χ1n) is 8.10. The van der Waals surface area contributed by atoms with Gasteiger partial charge in [0.25, 0.3) is 0 Å². The second kappa shape index (κ2) is 7.11. The molecule has 1 aliphatic heterocycles. The molecule has 1 aromatic rings. The molecule has 140 valence electrons. The molecule has 1 saturated heterocycles. The van der Waals surface area contributed by atoms with Crippen molar-refractivity contribution in [2.24, 2.45) is 0 Å². The molecular weight excluding hydrogens is 335 g/mol. The lowest BCUT2D eigenvalue weighted by Gasteiger charge is -2.34. The molecule has 1 heterocycles. The van der Waals surface area contributed by atoms with Crippen LogP contribution < -0.4 is 10.2 Å². The third-order valence-electron chi connectivity index (χ3n) is 3.76. The number of nitrogens with zero attached hydrogens (tertiary/aromatic N) is 2. The van der Waals surface area contributed by atoms with E-state index in [0.29, 0.717) is 18.8 Å². The zero-order valence-electron chi connectivity index (χ0n) is 14.9. The first kappa shape index (κ1) is 19.4. The SMILES string of the molecule is CN1CCN(c2cc(NC(=O)OC(C)(C)C)cc(C(F)(F)F)c2)CC1. The number of carbonyl (C=O) groups is 1. The van der Waals surface area contributed by atoms with Crippen LogP contribution >= 0.6 is 0 Å². The van der Waals surface area contributed by atoms with Crippen molar-refractivity contribution in [3.05, 3.63) is 23.8 Å². The molecule has 0 bridgehead atoms. The van der Waals surface area contributed by atoms with Gasteiger partial charge < -0.3 is 14.5 Å². The van der Waals surface area contributed by atoms with E-state index in [9.17, 15) is 18.0 Å². The van der Waals surface area contributed by atoms with Gasteiger partial charge in [0, 0.05) is 37.6 Å². The van der Waals surface area contributed by atoms with Gasteiger partial charge in [-0.2, -0.15) is 13.2 Å². The number of nitrogens with one attached hydrogen (secondary N) is 1. The molecule has 1 aromatic carbocycles. The molecule has 1 N–H and O–H groups in total. The summed E-state index contributed by atoms with van der Waals surface area (Å²) in [6.07, 6.45) is -5.27. The smallest absolute Gasteiger partial charge is 0.416 e. The molecular formula is C17H24F3N3O2. The summed E-state index contributed by atoms with van der Waals surface area (Å²) in [5.41, 5.74) is -1.02. The Morgan fingerprint density at radius 2 is 1.68 bits per heavy atom. The third-order valence-corrected chi connectivity index (χ3v) is 3.76. The molecule has 0 atom stereocenters. The van der Waals surface area contributed by atoms with E-state index in [-0.39, 0.29) is 5.69 Å². The molecule has 0 aliphatic carbocycles. The number of hydrogen-bond donors (Lipinski definition) is 1.